The summed E-state index contributed by atoms with van der Waals surface area (Å²) in [4.78, 5) is 13.8. The Bertz CT molecular complexity index is 437. The van der Waals surface area contributed by atoms with Crippen molar-refractivity contribution in [2.24, 2.45) is 5.73 Å². The van der Waals surface area contributed by atoms with Crippen LogP contribution in [-0.4, -0.2) is 37.0 Å². The lowest BCUT2D eigenvalue weighted by atomic mass is 10.1. The van der Waals surface area contributed by atoms with Crippen LogP contribution in [-0.2, 0) is 0 Å². The van der Waals surface area contributed by atoms with Crippen LogP contribution in [0.15, 0.2) is 18.2 Å². The number of nitrogens with two attached hydrogens (primary N) is 1. The number of carbonyl (C=O) groups excluding carboxylic acids is 1. The molecule has 0 saturated carbocycles. The summed E-state index contributed by atoms with van der Waals surface area (Å²) < 4.78 is 18.2. The van der Waals surface area contributed by atoms with Gasteiger partial charge in [0.1, 0.15) is 11.6 Å². The Labute approximate surface area is 99.2 Å². The van der Waals surface area contributed by atoms with Crippen LogP contribution in [0.25, 0.3) is 0 Å². The van der Waals surface area contributed by atoms with E-state index < -0.39 is 5.82 Å². The maximum Gasteiger partial charge on any atom is 0.257 e. The number of carbonyl (C=O) groups is 1. The summed E-state index contributed by atoms with van der Waals surface area (Å²) in [6.45, 7) is 1.12. The Morgan fingerprint density at radius 1 is 1.59 bits per heavy atom. The molecule has 0 bridgehead atoms. The summed E-state index contributed by atoms with van der Waals surface area (Å²) in [6.07, 6.45) is 0.781. The van der Waals surface area contributed by atoms with E-state index in [1.807, 2.05) is 0 Å². The molecule has 0 aromatic heterocycles. The van der Waals surface area contributed by atoms with Crippen LogP contribution in [0.2, 0.25) is 0 Å². The van der Waals surface area contributed by atoms with E-state index >= 15 is 0 Å². The molecule has 17 heavy (non-hydrogen) atoms. The first-order chi connectivity index (χ1) is 8.11. The summed E-state index contributed by atoms with van der Waals surface area (Å²) in [5.74, 6) is -0.288. The van der Waals surface area contributed by atoms with E-state index in [-0.39, 0.29) is 17.5 Å². The topological polar surface area (TPSA) is 55.6 Å². The predicted octanol–water partition coefficient (Wildman–Crippen LogP) is 1.01. The van der Waals surface area contributed by atoms with Gasteiger partial charge in [0, 0.05) is 19.1 Å². The Morgan fingerprint density at radius 3 is 2.94 bits per heavy atom. The molecule has 2 rings (SSSR count). The zero-order chi connectivity index (χ0) is 12.4. The average molecular weight is 238 g/mol. The van der Waals surface area contributed by atoms with Crippen LogP contribution in [0.4, 0.5) is 4.39 Å². The number of benzene rings is 1. The molecular formula is C12H15FN2O2. The minimum Gasteiger partial charge on any atom is -0.496 e. The molecule has 0 radical (unpaired) electrons. The summed E-state index contributed by atoms with van der Waals surface area (Å²) in [5, 5.41) is 0. The Kier molecular flexibility index (Phi) is 3.28. The highest BCUT2D eigenvalue weighted by atomic mass is 19.1. The third-order valence-corrected chi connectivity index (χ3v) is 2.90. The van der Waals surface area contributed by atoms with Crippen LogP contribution in [0.5, 0.6) is 5.75 Å². The lowest BCUT2D eigenvalue weighted by Gasteiger charge is -2.17. The van der Waals surface area contributed by atoms with Crippen LogP contribution >= 0.6 is 0 Å². The summed E-state index contributed by atoms with van der Waals surface area (Å²) >= 11 is 0. The van der Waals surface area contributed by atoms with E-state index in [9.17, 15) is 9.18 Å². The van der Waals surface area contributed by atoms with E-state index in [1.54, 1.807) is 4.90 Å². The first kappa shape index (κ1) is 11.9. The Hall–Kier alpha value is -1.62. The molecule has 0 spiro atoms. The van der Waals surface area contributed by atoms with Crippen LogP contribution in [0, 0.1) is 5.82 Å². The van der Waals surface area contributed by atoms with Gasteiger partial charge in [0.05, 0.1) is 12.7 Å². The molecule has 92 valence electrons. The highest BCUT2D eigenvalue weighted by molar-refractivity contribution is 5.97. The van der Waals surface area contributed by atoms with Gasteiger partial charge in [-0.25, -0.2) is 4.39 Å². The average Bonchev–Trinajstić information content (AvgIpc) is 2.75. The molecule has 1 atom stereocenters. The van der Waals surface area contributed by atoms with E-state index in [2.05, 4.69) is 0 Å². The van der Waals surface area contributed by atoms with E-state index in [4.69, 9.17) is 10.5 Å². The molecule has 1 heterocycles. The molecule has 1 amide bonds. The molecule has 5 heteroatoms. The first-order valence-electron chi connectivity index (χ1n) is 5.50. The lowest BCUT2D eigenvalue weighted by molar-refractivity contribution is 0.0787. The molecule has 1 aromatic rings. The minimum absolute atomic E-state index is 0.0125. The van der Waals surface area contributed by atoms with Gasteiger partial charge in [-0.2, -0.15) is 0 Å². The summed E-state index contributed by atoms with van der Waals surface area (Å²) in [6, 6.07) is 3.94. The van der Waals surface area contributed by atoms with Crippen molar-refractivity contribution in [1.82, 2.24) is 4.90 Å². The fourth-order valence-corrected chi connectivity index (χ4v) is 1.99. The minimum atomic E-state index is -0.447. The van der Waals surface area contributed by atoms with Gasteiger partial charge in [-0.15, -0.1) is 0 Å². The SMILES string of the molecule is COc1ccc(F)cc1C(=O)N1CCC(N)C1. The van der Waals surface area contributed by atoms with Gasteiger partial charge >= 0.3 is 0 Å². The molecule has 1 aromatic carbocycles. The Morgan fingerprint density at radius 2 is 2.35 bits per heavy atom. The van der Waals surface area contributed by atoms with Gasteiger partial charge in [-0.1, -0.05) is 0 Å². The normalized spacial score (nSPS) is 19.5. The maximum absolute atomic E-state index is 13.2. The molecule has 2 N–H and O–H groups in total. The maximum atomic E-state index is 13.2. The highest BCUT2D eigenvalue weighted by Gasteiger charge is 2.26. The fourth-order valence-electron chi connectivity index (χ4n) is 1.99. The number of halogens is 1. The monoisotopic (exact) mass is 238 g/mol. The number of hydrogen-bond acceptors (Lipinski definition) is 3. The van der Waals surface area contributed by atoms with Crippen LogP contribution in [0.1, 0.15) is 16.8 Å². The van der Waals surface area contributed by atoms with Gasteiger partial charge in [-0.05, 0) is 24.6 Å². The van der Waals surface area contributed by atoms with Crippen molar-refractivity contribution in [2.45, 2.75) is 12.5 Å². The molecule has 1 fully saturated rings. The van der Waals surface area contributed by atoms with Gasteiger partial charge in [-0.3, -0.25) is 4.79 Å². The van der Waals surface area contributed by atoms with Crippen molar-refractivity contribution in [1.29, 1.82) is 0 Å². The third-order valence-electron chi connectivity index (χ3n) is 2.90. The van der Waals surface area contributed by atoms with E-state index in [0.29, 0.717) is 18.8 Å². The first-order valence-corrected chi connectivity index (χ1v) is 5.50. The van der Waals surface area contributed by atoms with Crippen molar-refractivity contribution in [3.05, 3.63) is 29.6 Å². The number of methoxy groups -OCH3 is 1. The smallest absolute Gasteiger partial charge is 0.257 e. The second kappa shape index (κ2) is 4.71. The quantitative estimate of drug-likeness (QED) is 0.836. The molecule has 1 aliphatic heterocycles. The predicted molar refractivity (Wildman–Crippen MR) is 61.4 cm³/mol. The molecule has 0 aliphatic carbocycles. The number of nitrogens with zero attached hydrogens (tertiary/aromatic N) is 1. The zero-order valence-electron chi connectivity index (χ0n) is 9.65. The summed E-state index contributed by atoms with van der Waals surface area (Å²) in [7, 11) is 1.46. The molecule has 1 aliphatic rings. The van der Waals surface area contributed by atoms with Crippen molar-refractivity contribution in [3.63, 3.8) is 0 Å². The van der Waals surface area contributed by atoms with Crippen molar-refractivity contribution < 1.29 is 13.9 Å². The summed E-state index contributed by atoms with van der Waals surface area (Å²) in [5.41, 5.74) is 5.99. The van der Waals surface area contributed by atoms with E-state index in [1.165, 1.54) is 25.3 Å². The lowest BCUT2D eigenvalue weighted by Crippen LogP contribution is -2.32. The van der Waals surface area contributed by atoms with Crippen LogP contribution < -0.4 is 10.5 Å². The second-order valence-corrected chi connectivity index (χ2v) is 4.14. The third kappa shape index (κ3) is 2.39. The van der Waals surface area contributed by atoms with Gasteiger partial charge in [0.15, 0.2) is 0 Å². The standard InChI is InChI=1S/C12H15FN2O2/c1-17-11-3-2-8(13)6-10(11)12(16)15-5-4-9(14)7-15/h2-3,6,9H,4-5,7,14H2,1H3. The highest BCUT2D eigenvalue weighted by Crippen LogP contribution is 2.22. The molecular weight excluding hydrogens is 223 g/mol. The van der Waals surface area contributed by atoms with Gasteiger partial charge in [0.2, 0.25) is 0 Å². The molecule has 1 unspecified atom stereocenters. The van der Waals surface area contributed by atoms with Gasteiger partial charge < -0.3 is 15.4 Å². The van der Waals surface area contributed by atoms with E-state index in [0.717, 1.165) is 6.42 Å². The number of rotatable bonds is 2. The van der Waals surface area contributed by atoms with Crippen molar-refractivity contribution in [2.75, 3.05) is 20.2 Å². The molecule has 4 nitrogen and oxygen atoms in total. The number of amides is 1. The largest absolute Gasteiger partial charge is 0.496 e. The Balaban J connectivity index is 2.26. The number of hydrogen-bond donors (Lipinski definition) is 1. The second-order valence-electron chi connectivity index (χ2n) is 4.14. The van der Waals surface area contributed by atoms with Gasteiger partial charge in [0.25, 0.3) is 5.91 Å². The number of ether oxygens (including phenoxy) is 1. The van der Waals surface area contributed by atoms with Crippen molar-refractivity contribution in [3.8, 4) is 5.75 Å². The zero-order valence-corrected chi connectivity index (χ0v) is 9.65. The molecule has 1 saturated heterocycles. The number of likely N-dealkylation sites (tertiary alicyclic amines) is 1. The fraction of sp³-hybridized carbons (Fsp3) is 0.417. The van der Waals surface area contributed by atoms with Crippen molar-refractivity contribution >= 4 is 5.91 Å². The van der Waals surface area contributed by atoms with Crippen LogP contribution in [0.3, 0.4) is 0 Å².